The third-order valence-corrected chi connectivity index (χ3v) is 3.69. The predicted molar refractivity (Wildman–Crippen MR) is 79.5 cm³/mol. The van der Waals surface area contributed by atoms with Gasteiger partial charge in [-0.05, 0) is 31.5 Å². The maximum Gasteiger partial charge on any atom is 0.254 e. The van der Waals surface area contributed by atoms with Crippen LogP contribution in [0.25, 0.3) is 0 Å². The van der Waals surface area contributed by atoms with Gasteiger partial charge < -0.3 is 10.2 Å². The maximum atomic E-state index is 12.5. The summed E-state index contributed by atoms with van der Waals surface area (Å²) in [6, 6.07) is 6.11. The lowest BCUT2D eigenvalue weighted by molar-refractivity contribution is 0.0655. The van der Waals surface area contributed by atoms with E-state index in [1.807, 2.05) is 30.0 Å². The summed E-state index contributed by atoms with van der Waals surface area (Å²) in [7, 11) is 0. The van der Waals surface area contributed by atoms with E-state index in [0.29, 0.717) is 0 Å². The molecule has 2 rings (SSSR count). The molecule has 1 amide bonds. The minimum absolute atomic E-state index is 0. The highest BCUT2D eigenvalue weighted by molar-refractivity contribution is 9.10. The summed E-state index contributed by atoms with van der Waals surface area (Å²) in [6.45, 7) is 6.60. The van der Waals surface area contributed by atoms with E-state index in [1.165, 1.54) is 0 Å². The van der Waals surface area contributed by atoms with E-state index >= 15 is 0 Å². The molecular formula is C13H18BrClN2O. The average Bonchev–Trinajstić information content (AvgIpc) is 2.32. The quantitative estimate of drug-likeness (QED) is 0.857. The normalized spacial score (nSPS) is 19.3. The number of hydrogen-bond acceptors (Lipinski definition) is 2. The molecule has 1 fully saturated rings. The molecule has 1 heterocycles. The highest BCUT2D eigenvalue weighted by Crippen LogP contribution is 2.19. The zero-order valence-corrected chi connectivity index (χ0v) is 13.0. The first kappa shape index (κ1) is 15.5. The zero-order chi connectivity index (χ0) is 12.4. The summed E-state index contributed by atoms with van der Waals surface area (Å²) in [6.07, 6.45) is 0. The number of amides is 1. The molecule has 1 saturated heterocycles. The van der Waals surface area contributed by atoms with Crippen LogP contribution < -0.4 is 5.32 Å². The molecule has 0 spiro atoms. The van der Waals surface area contributed by atoms with Crippen molar-refractivity contribution in [3.63, 3.8) is 0 Å². The number of aryl methyl sites for hydroxylation is 1. The monoisotopic (exact) mass is 332 g/mol. The van der Waals surface area contributed by atoms with Crippen LogP contribution in [0.2, 0.25) is 0 Å². The molecule has 18 heavy (non-hydrogen) atoms. The smallest absolute Gasteiger partial charge is 0.254 e. The number of carbonyl (C=O) groups is 1. The van der Waals surface area contributed by atoms with Crippen molar-refractivity contribution in [3.05, 3.63) is 33.8 Å². The van der Waals surface area contributed by atoms with Gasteiger partial charge in [0.2, 0.25) is 0 Å². The van der Waals surface area contributed by atoms with Crippen LogP contribution in [0.15, 0.2) is 22.7 Å². The van der Waals surface area contributed by atoms with Gasteiger partial charge in [0, 0.05) is 35.7 Å². The fraction of sp³-hybridized carbons (Fsp3) is 0.462. The molecule has 100 valence electrons. The Labute approximate surface area is 122 Å². The number of carbonyl (C=O) groups excluding carboxylic acids is 1. The lowest BCUT2D eigenvalue weighted by Gasteiger charge is -2.34. The van der Waals surface area contributed by atoms with Gasteiger partial charge in [0.25, 0.3) is 5.91 Å². The van der Waals surface area contributed by atoms with Gasteiger partial charge in [0.05, 0.1) is 0 Å². The Balaban J connectivity index is 0.00000162. The van der Waals surface area contributed by atoms with Crippen LogP contribution in [-0.4, -0.2) is 36.5 Å². The number of halogens is 2. The van der Waals surface area contributed by atoms with Gasteiger partial charge in [-0.15, -0.1) is 12.4 Å². The van der Waals surface area contributed by atoms with Crippen LogP contribution in [0.5, 0.6) is 0 Å². The second-order valence-electron chi connectivity index (χ2n) is 4.51. The van der Waals surface area contributed by atoms with Gasteiger partial charge >= 0.3 is 0 Å². The van der Waals surface area contributed by atoms with Gasteiger partial charge in [-0.3, -0.25) is 4.79 Å². The van der Waals surface area contributed by atoms with E-state index in [0.717, 1.165) is 35.2 Å². The van der Waals surface area contributed by atoms with Crippen molar-refractivity contribution in [1.82, 2.24) is 10.2 Å². The minimum atomic E-state index is 0. The molecule has 5 heteroatoms. The first-order valence-electron chi connectivity index (χ1n) is 5.87. The number of nitrogens with one attached hydrogen (secondary N) is 1. The molecular weight excluding hydrogens is 316 g/mol. The van der Waals surface area contributed by atoms with Crippen molar-refractivity contribution in [3.8, 4) is 0 Å². The highest BCUT2D eigenvalue weighted by atomic mass is 79.9. The van der Waals surface area contributed by atoms with E-state index in [-0.39, 0.29) is 24.4 Å². The Morgan fingerprint density at radius 2 is 2.22 bits per heavy atom. The predicted octanol–water partition coefficient (Wildman–Crippen LogP) is 2.61. The molecule has 0 unspecified atom stereocenters. The highest BCUT2D eigenvalue weighted by Gasteiger charge is 2.24. The maximum absolute atomic E-state index is 12.5. The molecule has 3 nitrogen and oxygen atoms in total. The van der Waals surface area contributed by atoms with Crippen LogP contribution >= 0.6 is 28.3 Å². The number of benzene rings is 1. The lowest BCUT2D eigenvalue weighted by atomic mass is 10.1. The zero-order valence-electron chi connectivity index (χ0n) is 10.6. The third kappa shape index (κ3) is 3.25. The molecule has 0 saturated carbocycles. The molecule has 0 radical (unpaired) electrons. The van der Waals surface area contributed by atoms with E-state index < -0.39 is 0 Å². The molecule has 0 aliphatic carbocycles. The van der Waals surface area contributed by atoms with Crippen molar-refractivity contribution in [1.29, 1.82) is 0 Å². The Bertz CT molecular complexity index is 439. The Kier molecular flexibility index (Phi) is 5.63. The first-order valence-corrected chi connectivity index (χ1v) is 6.66. The van der Waals surface area contributed by atoms with Gasteiger partial charge in [-0.1, -0.05) is 22.0 Å². The van der Waals surface area contributed by atoms with E-state index in [1.54, 1.807) is 0 Å². The summed E-state index contributed by atoms with van der Waals surface area (Å²) in [5.41, 5.74) is 1.83. The fourth-order valence-electron chi connectivity index (χ4n) is 2.12. The fourth-order valence-corrected chi connectivity index (χ4v) is 2.48. The van der Waals surface area contributed by atoms with Crippen LogP contribution in [0.1, 0.15) is 22.8 Å². The second-order valence-corrected chi connectivity index (χ2v) is 5.43. The third-order valence-electron chi connectivity index (χ3n) is 3.19. The molecule has 1 aliphatic rings. The molecule has 1 aromatic rings. The first-order chi connectivity index (χ1) is 8.09. The Morgan fingerprint density at radius 3 is 2.89 bits per heavy atom. The second kappa shape index (κ2) is 6.55. The van der Waals surface area contributed by atoms with Gasteiger partial charge in [0.1, 0.15) is 0 Å². The van der Waals surface area contributed by atoms with Crippen molar-refractivity contribution < 1.29 is 4.79 Å². The van der Waals surface area contributed by atoms with E-state index in [2.05, 4.69) is 28.2 Å². The van der Waals surface area contributed by atoms with E-state index in [9.17, 15) is 4.79 Å². The standard InChI is InChI=1S/C13H17BrN2O.ClH/c1-9-3-4-11(14)7-12(9)13(17)16-6-5-15-8-10(16)2;/h3-4,7,10,15H,5-6,8H2,1-2H3;1H/t10-;/m0./s1. The average molecular weight is 334 g/mol. The number of piperazine rings is 1. The van der Waals surface area contributed by atoms with Crippen LogP contribution in [0.3, 0.4) is 0 Å². The summed E-state index contributed by atoms with van der Waals surface area (Å²) in [5, 5.41) is 3.29. The number of rotatable bonds is 1. The molecule has 0 bridgehead atoms. The summed E-state index contributed by atoms with van der Waals surface area (Å²) in [4.78, 5) is 14.4. The number of hydrogen-bond donors (Lipinski definition) is 1. The van der Waals surface area contributed by atoms with Crippen LogP contribution in [0, 0.1) is 6.92 Å². The minimum Gasteiger partial charge on any atom is -0.333 e. The summed E-state index contributed by atoms with van der Waals surface area (Å²) in [5.74, 6) is 0.137. The molecule has 1 atom stereocenters. The van der Waals surface area contributed by atoms with Crippen molar-refractivity contribution in [2.75, 3.05) is 19.6 Å². The van der Waals surface area contributed by atoms with Crippen LogP contribution in [0.4, 0.5) is 0 Å². The molecule has 0 aromatic heterocycles. The topological polar surface area (TPSA) is 32.3 Å². The molecule has 1 aliphatic heterocycles. The SMILES string of the molecule is Cc1ccc(Br)cc1C(=O)N1CCNC[C@@H]1C.Cl. The lowest BCUT2D eigenvalue weighted by Crippen LogP contribution is -2.52. The Hall–Kier alpha value is -0.580. The van der Waals surface area contributed by atoms with Gasteiger partial charge in [0.15, 0.2) is 0 Å². The van der Waals surface area contributed by atoms with Gasteiger partial charge in [-0.2, -0.15) is 0 Å². The van der Waals surface area contributed by atoms with E-state index in [4.69, 9.17) is 0 Å². The summed E-state index contributed by atoms with van der Waals surface area (Å²) >= 11 is 3.42. The largest absolute Gasteiger partial charge is 0.333 e. The van der Waals surface area contributed by atoms with Gasteiger partial charge in [-0.25, -0.2) is 0 Å². The van der Waals surface area contributed by atoms with Crippen molar-refractivity contribution in [2.45, 2.75) is 19.9 Å². The van der Waals surface area contributed by atoms with Crippen LogP contribution in [-0.2, 0) is 0 Å². The number of nitrogens with zero attached hydrogens (tertiary/aromatic N) is 1. The van der Waals surface area contributed by atoms with Crippen molar-refractivity contribution >= 4 is 34.2 Å². The molecule has 1 N–H and O–H groups in total. The summed E-state index contributed by atoms with van der Waals surface area (Å²) < 4.78 is 0.953. The molecule has 1 aromatic carbocycles. The van der Waals surface area contributed by atoms with Crippen molar-refractivity contribution in [2.24, 2.45) is 0 Å². The Morgan fingerprint density at radius 1 is 1.50 bits per heavy atom.